The monoisotopic (exact) mass is 414 g/mol. The Morgan fingerprint density at radius 2 is 1.89 bits per heavy atom. The molecule has 1 aromatic carbocycles. The molecule has 0 saturated carbocycles. The summed E-state index contributed by atoms with van der Waals surface area (Å²) in [6, 6.07) is 7.60. The van der Waals surface area contributed by atoms with Crippen LogP contribution in [0.25, 0.3) is 10.2 Å². The summed E-state index contributed by atoms with van der Waals surface area (Å²) < 4.78 is 0.945. The van der Waals surface area contributed by atoms with Gasteiger partial charge in [-0.1, -0.05) is 12.1 Å². The van der Waals surface area contributed by atoms with Crippen LogP contribution in [0.1, 0.15) is 58.3 Å². The average Bonchev–Trinajstić information content (AvgIpc) is 3.14. The molecule has 1 aliphatic rings. The topological polar surface area (TPSA) is 97.1 Å². The molecule has 3 heterocycles. The lowest BCUT2D eigenvalue weighted by molar-refractivity contribution is 0.0999. The molecule has 28 heavy (non-hydrogen) atoms. The molecular formula is C20H22N4O2S2. The van der Waals surface area contributed by atoms with Gasteiger partial charge in [0.1, 0.15) is 5.00 Å². The van der Waals surface area contributed by atoms with E-state index in [0.717, 1.165) is 20.7 Å². The van der Waals surface area contributed by atoms with E-state index < -0.39 is 5.91 Å². The van der Waals surface area contributed by atoms with E-state index in [9.17, 15) is 9.59 Å². The quantitative estimate of drug-likeness (QED) is 0.606. The molecule has 3 aromatic rings. The number of thiophene rings is 1. The fourth-order valence-electron chi connectivity index (χ4n) is 4.00. The predicted octanol–water partition coefficient (Wildman–Crippen LogP) is 3.87. The van der Waals surface area contributed by atoms with Gasteiger partial charge >= 0.3 is 0 Å². The highest BCUT2D eigenvalue weighted by molar-refractivity contribution is 7.20. The molecule has 0 aliphatic carbocycles. The number of nitrogens with zero attached hydrogens (tertiary/aromatic N) is 1. The van der Waals surface area contributed by atoms with Crippen molar-refractivity contribution in [1.29, 1.82) is 0 Å². The summed E-state index contributed by atoms with van der Waals surface area (Å²) in [5, 5.41) is 7.35. The number of fused-ring (bicyclic) bond motifs is 2. The minimum Gasteiger partial charge on any atom is -0.365 e. The Kier molecular flexibility index (Phi) is 4.33. The maximum Gasteiger partial charge on any atom is 0.285 e. The van der Waals surface area contributed by atoms with Gasteiger partial charge in [0, 0.05) is 16.0 Å². The van der Waals surface area contributed by atoms with Gasteiger partial charge in [0.25, 0.3) is 11.8 Å². The van der Waals surface area contributed by atoms with E-state index >= 15 is 0 Å². The van der Waals surface area contributed by atoms with Gasteiger partial charge in [-0.25, -0.2) is 4.98 Å². The number of benzene rings is 1. The number of nitrogens with two attached hydrogens (primary N) is 1. The molecule has 2 aromatic heterocycles. The van der Waals surface area contributed by atoms with Gasteiger partial charge in [0.15, 0.2) is 5.01 Å². The molecule has 1 aliphatic heterocycles. The van der Waals surface area contributed by atoms with E-state index in [-0.39, 0.29) is 17.0 Å². The molecular weight excluding hydrogens is 392 g/mol. The minimum atomic E-state index is -0.523. The summed E-state index contributed by atoms with van der Waals surface area (Å²) in [4.78, 5) is 30.5. The zero-order chi connectivity index (χ0) is 20.3. The molecule has 8 heteroatoms. The second-order valence-corrected chi connectivity index (χ2v) is 10.3. The summed E-state index contributed by atoms with van der Waals surface area (Å²) >= 11 is 2.74. The molecule has 0 unspecified atom stereocenters. The fraction of sp³-hybridized carbons (Fsp3) is 0.350. The first-order valence-electron chi connectivity index (χ1n) is 9.00. The fourth-order valence-corrected chi connectivity index (χ4v) is 6.14. The van der Waals surface area contributed by atoms with Crippen molar-refractivity contribution in [2.24, 2.45) is 5.73 Å². The summed E-state index contributed by atoms with van der Waals surface area (Å²) in [6.07, 6.45) is 0.664. The van der Waals surface area contributed by atoms with Crippen LogP contribution >= 0.6 is 22.7 Å². The lowest BCUT2D eigenvalue weighted by Gasteiger charge is -2.42. The van der Waals surface area contributed by atoms with Crippen LogP contribution < -0.4 is 16.4 Å². The Balaban J connectivity index is 1.75. The van der Waals surface area contributed by atoms with Crippen LogP contribution in [0.2, 0.25) is 0 Å². The molecule has 6 nitrogen and oxygen atoms in total. The average molecular weight is 415 g/mol. The highest BCUT2D eigenvalue weighted by atomic mass is 32.1. The number of aromatic nitrogens is 1. The van der Waals surface area contributed by atoms with E-state index in [1.807, 2.05) is 24.3 Å². The molecule has 0 radical (unpaired) electrons. The summed E-state index contributed by atoms with van der Waals surface area (Å²) in [7, 11) is 0. The molecule has 0 saturated heterocycles. The Morgan fingerprint density at radius 1 is 1.18 bits per heavy atom. The van der Waals surface area contributed by atoms with Gasteiger partial charge in [-0.3, -0.25) is 9.59 Å². The van der Waals surface area contributed by atoms with Crippen molar-refractivity contribution in [2.75, 3.05) is 5.32 Å². The van der Waals surface area contributed by atoms with Crippen LogP contribution in [0.4, 0.5) is 5.00 Å². The summed E-state index contributed by atoms with van der Waals surface area (Å²) in [5.74, 6) is -0.849. The van der Waals surface area contributed by atoms with Crippen molar-refractivity contribution in [3.8, 4) is 0 Å². The third-order valence-electron chi connectivity index (χ3n) is 4.81. The van der Waals surface area contributed by atoms with Gasteiger partial charge in [-0.2, -0.15) is 0 Å². The number of carbonyl (C=O) groups is 2. The van der Waals surface area contributed by atoms with Crippen LogP contribution in [0, 0.1) is 0 Å². The Labute approximate surface area is 171 Å². The van der Waals surface area contributed by atoms with Crippen LogP contribution in [-0.2, 0) is 12.0 Å². The molecule has 0 bridgehead atoms. The summed E-state index contributed by atoms with van der Waals surface area (Å²) in [5.41, 5.74) is 7.32. The maximum absolute atomic E-state index is 12.8. The predicted molar refractivity (Wildman–Crippen MR) is 114 cm³/mol. The molecule has 2 amide bonds. The lowest BCUT2D eigenvalue weighted by Crippen LogP contribution is -2.55. The normalized spacial score (nSPS) is 17.3. The standard InChI is InChI=1S/C20H22N4O2S2/c1-19(2)9-10-13(15(21)25)17(28-14(10)20(3,4)24-19)23-16(26)18-22-11-7-5-6-8-12(11)27-18/h5-8,24H,9H2,1-4H3,(H2,21,25)(H,23,26). The molecule has 4 rings (SSSR count). The second kappa shape index (κ2) is 6.37. The van der Waals surface area contributed by atoms with Gasteiger partial charge in [0.05, 0.1) is 15.8 Å². The van der Waals surface area contributed by atoms with Crippen LogP contribution in [0.5, 0.6) is 0 Å². The SMILES string of the molecule is CC1(C)Cc2c(sc(NC(=O)c3nc4ccccc4s3)c2C(N)=O)C(C)(C)N1. The van der Waals surface area contributed by atoms with E-state index in [1.165, 1.54) is 22.7 Å². The molecule has 0 fully saturated rings. The van der Waals surface area contributed by atoms with Gasteiger partial charge in [0.2, 0.25) is 0 Å². The number of nitrogens with one attached hydrogen (secondary N) is 2. The number of hydrogen-bond donors (Lipinski definition) is 3. The van der Waals surface area contributed by atoms with Crippen molar-refractivity contribution in [2.45, 2.75) is 45.2 Å². The largest absolute Gasteiger partial charge is 0.365 e. The molecule has 146 valence electrons. The number of amides is 2. The van der Waals surface area contributed by atoms with E-state index in [0.29, 0.717) is 22.0 Å². The van der Waals surface area contributed by atoms with Crippen molar-refractivity contribution < 1.29 is 9.59 Å². The Hall–Kier alpha value is -2.29. The number of rotatable bonds is 3. The van der Waals surface area contributed by atoms with Gasteiger partial charge in [-0.15, -0.1) is 22.7 Å². The van der Waals surface area contributed by atoms with Gasteiger partial charge < -0.3 is 16.4 Å². The number of thiazole rings is 1. The number of primary amides is 1. The highest BCUT2D eigenvalue weighted by Crippen LogP contribution is 2.45. The third-order valence-corrected chi connectivity index (χ3v) is 7.31. The Bertz CT molecular complexity index is 1080. The summed E-state index contributed by atoms with van der Waals surface area (Å²) in [6.45, 7) is 8.35. The first-order valence-corrected chi connectivity index (χ1v) is 10.6. The zero-order valence-electron chi connectivity index (χ0n) is 16.2. The minimum absolute atomic E-state index is 0.184. The molecule has 4 N–H and O–H groups in total. The van der Waals surface area contributed by atoms with Crippen molar-refractivity contribution in [3.05, 3.63) is 45.3 Å². The Morgan fingerprint density at radius 3 is 2.57 bits per heavy atom. The number of para-hydroxylation sites is 1. The zero-order valence-corrected chi connectivity index (χ0v) is 17.8. The van der Waals surface area contributed by atoms with E-state index in [1.54, 1.807) is 0 Å². The third kappa shape index (κ3) is 3.21. The van der Waals surface area contributed by atoms with Crippen molar-refractivity contribution in [1.82, 2.24) is 10.3 Å². The maximum atomic E-state index is 12.8. The number of anilines is 1. The van der Waals surface area contributed by atoms with Crippen LogP contribution in [0.15, 0.2) is 24.3 Å². The first kappa shape index (κ1) is 19.0. The van der Waals surface area contributed by atoms with Crippen LogP contribution in [0.3, 0.4) is 0 Å². The van der Waals surface area contributed by atoms with E-state index in [4.69, 9.17) is 5.73 Å². The number of hydrogen-bond acceptors (Lipinski definition) is 6. The smallest absolute Gasteiger partial charge is 0.285 e. The van der Waals surface area contributed by atoms with Crippen molar-refractivity contribution in [3.63, 3.8) is 0 Å². The first-order chi connectivity index (χ1) is 13.1. The lowest BCUT2D eigenvalue weighted by atomic mass is 9.81. The van der Waals surface area contributed by atoms with Crippen LogP contribution in [-0.4, -0.2) is 22.3 Å². The van der Waals surface area contributed by atoms with Gasteiger partial charge in [-0.05, 0) is 51.8 Å². The second-order valence-electron chi connectivity index (χ2n) is 8.23. The molecule has 0 atom stereocenters. The van der Waals surface area contributed by atoms with Crippen molar-refractivity contribution >= 4 is 49.7 Å². The highest BCUT2D eigenvalue weighted by Gasteiger charge is 2.41. The van der Waals surface area contributed by atoms with E-state index in [2.05, 4.69) is 43.3 Å². The molecule has 0 spiro atoms. The number of carbonyl (C=O) groups excluding carboxylic acids is 2.